The van der Waals surface area contributed by atoms with E-state index in [1.807, 2.05) is 12.1 Å². The third-order valence-electron chi connectivity index (χ3n) is 3.12. The van der Waals surface area contributed by atoms with E-state index in [-0.39, 0.29) is 0 Å². The van der Waals surface area contributed by atoms with Gasteiger partial charge in [0.05, 0.1) is 10.7 Å². The number of halogens is 1. The Bertz CT molecular complexity index is 380. The smallest absolute Gasteiger partial charge is 0.0642 e. The summed E-state index contributed by atoms with van der Waals surface area (Å²) in [4.78, 5) is 4.47. The monoisotopic (exact) mass is 283 g/mol. The largest absolute Gasteiger partial charge is 0.373 e. The van der Waals surface area contributed by atoms with Crippen molar-refractivity contribution in [2.75, 3.05) is 45.7 Å². The fraction of sp³-hybridized carbons (Fsp3) is 0.600. The summed E-state index contributed by atoms with van der Waals surface area (Å²) in [5.41, 5.74) is 2.42. The predicted molar refractivity (Wildman–Crippen MR) is 85.3 cm³/mol. The van der Waals surface area contributed by atoms with Crippen molar-refractivity contribution in [2.45, 2.75) is 19.9 Å². The van der Waals surface area contributed by atoms with Crippen LogP contribution in [0.4, 0.5) is 5.69 Å². The molecule has 0 unspecified atom stereocenters. The second-order valence-corrected chi connectivity index (χ2v) is 5.51. The van der Waals surface area contributed by atoms with E-state index < -0.39 is 0 Å². The van der Waals surface area contributed by atoms with Gasteiger partial charge in [-0.05, 0) is 45.2 Å². The minimum Gasteiger partial charge on any atom is -0.373 e. The van der Waals surface area contributed by atoms with Gasteiger partial charge in [-0.15, -0.1) is 0 Å². The summed E-state index contributed by atoms with van der Waals surface area (Å²) in [5, 5.41) is 4.20. The van der Waals surface area contributed by atoms with Crippen LogP contribution in [0, 0.1) is 0 Å². The first-order valence-corrected chi connectivity index (χ1v) is 7.28. The number of nitrogens with one attached hydrogen (secondary N) is 1. The van der Waals surface area contributed by atoms with Crippen LogP contribution >= 0.6 is 11.6 Å². The van der Waals surface area contributed by atoms with E-state index in [0.717, 1.165) is 43.3 Å². The minimum atomic E-state index is 0.836. The third kappa shape index (κ3) is 5.39. The molecule has 0 aliphatic heterocycles. The molecule has 0 fully saturated rings. The lowest BCUT2D eigenvalue weighted by atomic mass is 10.1. The molecule has 3 nitrogen and oxygen atoms in total. The Kier molecular flexibility index (Phi) is 7.21. The Balaban J connectivity index is 2.73. The van der Waals surface area contributed by atoms with Crippen molar-refractivity contribution < 1.29 is 0 Å². The van der Waals surface area contributed by atoms with Gasteiger partial charge < -0.3 is 15.1 Å². The van der Waals surface area contributed by atoms with Crippen molar-refractivity contribution in [1.82, 2.24) is 10.2 Å². The van der Waals surface area contributed by atoms with Gasteiger partial charge in [-0.3, -0.25) is 0 Å². The molecule has 19 heavy (non-hydrogen) atoms. The Morgan fingerprint density at radius 3 is 2.53 bits per heavy atom. The first-order valence-electron chi connectivity index (χ1n) is 6.90. The topological polar surface area (TPSA) is 18.5 Å². The lowest BCUT2D eigenvalue weighted by Gasteiger charge is -2.24. The van der Waals surface area contributed by atoms with Gasteiger partial charge in [0.15, 0.2) is 0 Å². The van der Waals surface area contributed by atoms with Gasteiger partial charge in [0.1, 0.15) is 0 Å². The van der Waals surface area contributed by atoms with E-state index in [2.05, 4.69) is 49.2 Å². The van der Waals surface area contributed by atoms with Gasteiger partial charge >= 0.3 is 0 Å². The fourth-order valence-corrected chi connectivity index (χ4v) is 2.46. The molecule has 0 aromatic heterocycles. The molecule has 1 aromatic rings. The molecular weight excluding hydrogens is 258 g/mol. The molecule has 0 heterocycles. The van der Waals surface area contributed by atoms with Gasteiger partial charge in [-0.2, -0.15) is 0 Å². The molecule has 4 heteroatoms. The van der Waals surface area contributed by atoms with Crippen LogP contribution in [0.15, 0.2) is 18.2 Å². The SMILES string of the molecule is CCNCc1cccc(Cl)c1N(C)CCCN(C)C. The lowest BCUT2D eigenvalue weighted by Crippen LogP contribution is -2.25. The molecule has 108 valence electrons. The summed E-state index contributed by atoms with van der Waals surface area (Å²) in [7, 11) is 6.32. The molecule has 0 saturated heterocycles. The standard InChI is InChI=1S/C15H26ClN3/c1-5-17-12-13-8-6-9-14(16)15(13)19(4)11-7-10-18(2)3/h6,8-9,17H,5,7,10-12H2,1-4H3. The van der Waals surface area contributed by atoms with E-state index in [1.54, 1.807) is 0 Å². The number of benzene rings is 1. The number of rotatable bonds is 8. The average Bonchev–Trinajstić information content (AvgIpc) is 2.35. The molecule has 0 radical (unpaired) electrons. The minimum absolute atomic E-state index is 0.836. The van der Waals surface area contributed by atoms with Crippen molar-refractivity contribution in [1.29, 1.82) is 0 Å². The molecule has 0 aliphatic carbocycles. The van der Waals surface area contributed by atoms with E-state index in [9.17, 15) is 0 Å². The summed E-state index contributed by atoms with van der Waals surface area (Å²) in [6.07, 6.45) is 1.13. The summed E-state index contributed by atoms with van der Waals surface area (Å²) >= 11 is 6.36. The first kappa shape index (κ1) is 16.3. The Hall–Kier alpha value is -0.770. The van der Waals surface area contributed by atoms with Crippen LogP contribution < -0.4 is 10.2 Å². The molecule has 0 saturated carbocycles. The van der Waals surface area contributed by atoms with Crippen LogP contribution in [0.3, 0.4) is 0 Å². The predicted octanol–water partition coefficient (Wildman–Crippen LogP) is 2.84. The highest BCUT2D eigenvalue weighted by Crippen LogP contribution is 2.29. The molecule has 1 N–H and O–H groups in total. The number of hydrogen-bond donors (Lipinski definition) is 1. The maximum absolute atomic E-state index is 6.36. The zero-order valence-electron chi connectivity index (χ0n) is 12.5. The highest BCUT2D eigenvalue weighted by Gasteiger charge is 2.11. The van der Waals surface area contributed by atoms with Crippen molar-refractivity contribution >= 4 is 17.3 Å². The average molecular weight is 284 g/mol. The number of hydrogen-bond acceptors (Lipinski definition) is 3. The highest BCUT2D eigenvalue weighted by molar-refractivity contribution is 6.33. The van der Waals surface area contributed by atoms with Crippen LogP contribution in [0.2, 0.25) is 5.02 Å². The maximum atomic E-state index is 6.36. The number of anilines is 1. The van der Waals surface area contributed by atoms with Gasteiger partial charge in [0.2, 0.25) is 0 Å². The van der Waals surface area contributed by atoms with Crippen molar-refractivity contribution in [2.24, 2.45) is 0 Å². The Labute approximate surface area is 122 Å². The van der Waals surface area contributed by atoms with Crippen LogP contribution in [0.25, 0.3) is 0 Å². The molecule has 0 atom stereocenters. The Morgan fingerprint density at radius 1 is 1.16 bits per heavy atom. The molecular formula is C15H26ClN3. The second kappa shape index (κ2) is 8.41. The van der Waals surface area contributed by atoms with Crippen LogP contribution in [-0.4, -0.2) is 45.7 Å². The molecule has 1 aromatic carbocycles. The first-order chi connectivity index (χ1) is 9.06. The molecule has 1 rings (SSSR count). The summed E-state index contributed by atoms with van der Waals surface area (Å²) < 4.78 is 0. The van der Waals surface area contributed by atoms with E-state index in [1.165, 1.54) is 5.56 Å². The van der Waals surface area contributed by atoms with Crippen LogP contribution in [0.5, 0.6) is 0 Å². The van der Waals surface area contributed by atoms with Gasteiger partial charge in [0, 0.05) is 20.1 Å². The summed E-state index contributed by atoms with van der Waals surface area (Å²) in [6, 6.07) is 6.13. The molecule has 0 spiro atoms. The van der Waals surface area contributed by atoms with Crippen molar-refractivity contribution in [3.05, 3.63) is 28.8 Å². The molecule has 0 bridgehead atoms. The highest BCUT2D eigenvalue weighted by atomic mass is 35.5. The fourth-order valence-electron chi connectivity index (χ4n) is 2.13. The summed E-state index contributed by atoms with van der Waals surface area (Å²) in [5.74, 6) is 0. The van der Waals surface area contributed by atoms with E-state index >= 15 is 0 Å². The Morgan fingerprint density at radius 2 is 1.89 bits per heavy atom. The number of para-hydroxylation sites is 1. The number of nitrogens with zero attached hydrogens (tertiary/aromatic N) is 2. The van der Waals surface area contributed by atoms with E-state index in [4.69, 9.17) is 11.6 Å². The third-order valence-corrected chi connectivity index (χ3v) is 3.42. The van der Waals surface area contributed by atoms with Gasteiger partial charge in [0.25, 0.3) is 0 Å². The zero-order valence-corrected chi connectivity index (χ0v) is 13.3. The van der Waals surface area contributed by atoms with Gasteiger partial charge in [-0.1, -0.05) is 30.7 Å². The van der Waals surface area contributed by atoms with Crippen LogP contribution in [0.1, 0.15) is 18.9 Å². The normalized spacial score (nSPS) is 11.1. The van der Waals surface area contributed by atoms with E-state index in [0.29, 0.717) is 0 Å². The van der Waals surface area contributed by atoms with Crippen LogP contribution in [-0.2, 0) is 6.54 Å². The maximum Gasteiger partial charge on any atom is 0.0642 e. The lowest BCUT2D eigenvalue weighted by molar-refractivity contribution is 0.401. The quantitative estimate of drug-likeness (QED) is 0.791. The van der Waals surface area contributed by atoms with Gasteiger partial charge in [-0.25, -0.2) is 0 Å². The summed E-state index contributed by atoms with van der Waals surface area (Å²) in [6.45, 7) is 6.06. The van der Waals surface area contributed by atoms with Crippen molar-refractivity contribution in [3.63, 3.8) is 0 Å². The molecule has 0 aliphatic rings. The second-order valence-electron chi connectivity index (χ2n) is 5.11. The molecule has 0 amide bonds. The van der Waals surface area contributed by atoms with Crippen molar-refractivity contribution in [3.8, 4) is 0 Å². The zero-order chi connectivity index (χ0) is 14.3.